The number of Topliss-reactive ketones (excluding diaryl/α,β-unsaturated/α-hetero) is 1. The zero-order valence-corrected chi connectivity index (χ0v) is 13.6. The van der Waals surface area contributed by atoms with Crippen molar-refractivity contribution >= 4 is 11.8 Å². The van der Waals surface area contributed by atoms with Gasteiger partial charge in [-0.25, -0.2) is 0 Å². The monoisotopic (exact) mass is 300 g/mol. The van der Waals surface area contributed by atoms with Crippen LogP contribution in [0, 0.1) is 17.8 Å². The minimum absolute atomic E-state index is 0.0439. The molecule has 0 bridgehead atoms. The van der Waals surface area contributed by atoms with Gasteiger partial charge in [-0.05, 0) is 12.3 Å². The topological polar surface area (TPSA) is 43.4 Å². The van der Waals surface area contributed by atoms with Gasteiger partial charge in [-0.3, -0.25) is 9.59 Å². The van der Waals surface area contributed by atoms with E-state index in [1.807, 2.05) is 25.1 Å². The molecular weight excluding hydrogens is 276 g/mol. The summed E-state index contributed by atoms with van der Waals surface area (Å²) in [5.74, 6) is 5.92. The van der Waals surface area contributed by atoms with E-state index in [1.54, 1.807) is 12.1 Å². The van der Waals surface area contributed by atoms with E-state index in [0.29, 0.717) is 17.9 Å². The molecule has 22 heavy (non-hydrogen) atoms. The van der Waals surface area contributed by atoms with Crippen molar-refractivity contribution in [1.82, 2.24) is 0 Å². The largest absolute Gasteiger partial charge is 0.449 e. The summed E-state index contributed by atoms with van der Waals surface area (Å²) in [6, 6.07) is 8.98. The Morgan fingerprint density at radius 3 is 2.41 bits per heavy atom. The molecule has 1 aromatic rings. The fourth-order valence-electron chi connectivity index (χ4n) is 1.98. The fourth-order valence-corrected chi connectivity index (χ4v) is 1.98. The molecule has 1 aromatic carbocycles. The Morgan fingerprint density at radius 2 is 1.82 bits per heavy atom. The first-order chi connectivity index (χ1) is 10.5. The zero-order chi connectivity index (χ0) is 16.4. The van der Waals surface area contributed by atoms with Gasteiger partial charge in [0.05, 0.1) is 6.42 Å². The Hall–Kier alpha value is -2.08. The van der Waals surface area contributed by atoms with Crippen molar-refractivity contribution in [3.05, 3.63) is 35.9 Å². The number of ketones is 1. The van der Waals surface area contributed by atoms with Crippen LogP contribution in [0.5, 0.6) is 0 Å². The lowest BCUT2D eigenvalue weighted by Crippen LogP contribution is -2.19. The number of hydrogen-bond donors (Lipinski definition) is 0. The Balaban J connectivity index is 2.48. The predicted octanol–water partition coefficient (Wildman–Crippen LogP) is 4.02. The molecule has 1 atom stereocenters. The lowest BCUT2D eigenvalue weighted by molar-refractivity contribution is -0.146. The summed E-state index contributed by atoms with van der Waals surface area (Å²) in [4.78, 5) is 23.8. The molecule has 0 N–H and O–H groups in total. The van der Waals surface area contributed by atoms with Gasteiger partial charge in [-0.15, -0.1) is 0 Å². The number of carbonyl (C=O) groups is 2. The highest BCUT2D eigenvalue weighted by Gasteiger charge is 2.15. The summed E-state index contributed by atoms with van der Waals surface area (Å²) in [6.07, 6.45) is 1.33. The van der Waals surface area contributed by atoms with E-state index in [0.717, 1.165) is 6.42 Å². The minimum atomic E-state index is -0.376. The van der Waals surface area contributed by atoms with Gasteiger partial charge in [0.2, 0.25) is 0 Å². The maximum atomic E-state index is 11.9. The molecule has 0 aromatic heterocycles. The molecule has 0 saturated carbocycles. The molecule has 1 unspecified atom stereocenters. The highest BCUT2D eigenvalue weighted by molar-refractivity contribution is 5.97. The second-order valence-electron chi connectivity index (χ2n) is 5.57. The van der Waals surface area contributed by atoms with E-state index in [4.69, 9.17) is 4.74 Å². The van der Waals surface area contributed by atoms with Crippen molar-refractivity contribution in [2.24, 2.45) is 5.92 Å². The smallest absolute Gasteiger partial charge is 0.307 e. The first-order valence-corrected chi connectivity index (χ1v) is 7.79. The molecule has 3 nitrogen and oxygen atoms in total. The van der Waals surface area contributed by atoms with Crippen LogP contribution in [0.25, 0.3) is 0 Å². The summed E-state index contributed by atoms with van der Waals surface area (Å²) in [5.41, 5.74) is 0.625. The van der Waals surface area contributed by atoms with Crippen LogP contribution in [0.2, 0.25) is 0 Å². The highest BCUT2D eigenvalue weighted by Crippen LogP contribution is 2.11. The van der Waals surface area contributed by atoms with Gasteiger partial charge in [0.25, 0.3) is 0 Å². The van der Waals surface area contributed by atoms with Crippen molar-refractivity contribution in [2.75, 3.05) is 0 Å². The lowest BCUT2D eigenvalue weighted by atomic mass is 10.1. The minimum Gasteiger partial charge on any atom is -0.449 e. The Labute approximate surface area is 133 Å². The first-order valence-electron chi connectivity index (χ1n) is 7.79. The van der Waals surface area contributed by atoms with E-state index in [2.05, 4.69) is 25.7 Å². The van der Waals surface area contributed by atoms with Gasteiger partial charge >= 0.3 is 5.97 Å². The third-order valence-corrected chi connectivity index (χ3v) is 3.05. The van der Waals surface area contributed by atoms with E-state index in [1.165, 1.54) is 0 Å². The van der Waals surface area contributed by atoms with Gasteiger partial charge in [0.1, 0.15) is 0 Å². The maximum absolute atomic E-state index is 11.9. The quantitative estimate of drug-likeness (QED) is 0.434. The van der Waals surface area contributed by atoms with Gasteiger partial charge in [0, 0.05) is 18.4 Å². The van der Waals surface area contributed by atoms with Crippen LogP contribution in [-0.2, 0) is 9.53 Å². The second-order valence-corrected chi connectivity index (χ2v) is 5.57. The van der Waals surface area contributed by atoms with E-state index in [-0.39, 0.29) is 30.7 Å². The van der Waals surface area contributed by atoms with Crippen molar-refractivity contribution < 1.29 is 14.3 Å². The molecule has 3 heteroatoms. The van der Waals surface area contributed by atoms with Crippen molar-refractivity contribution in [1.29, 1.82) is 0 Å². The standard InChI is InChI=1S/C19H24O3/c1-4-5-11-17(14-15(2)3)22-19(21)13-12-18(20)16-9-7-6-8-10-16/h6-10,15,17H,4,12-14H2,1-3H3. The van der Waals surface area contributed by atoms with Gasteiger partial charge in [-0.1, -0.05) is 62.9 Å². The summed E-state index contributed by atoms with van der Waals surface area (Å²) in [5, 5.41) is 0. The number of hydrogen-bond acceptors (Lipinski definition) is 3. The van der Waals surface area contributed by atoms with Crippen LogP contribution < -0.4 is 0 Å². The molecule has 0 aliphatic carbocycles. The molecule has 1 rings (SSSR count). The number of carbonyl (C=O) groups excluding carboxylic acids is 2. The molecule has 0 aliphatic heterocycles. The highest BCUT2D eigenvalue weighted by atomic mass is 16.5. The lowest BCUT2D eigenvalue weighted by Gasteiger charge is -2.14. The van der Waals surface area contributed by atoms with E-state index in [9.17, 15) is 9.59 Å². The van der Waals surface area contributed by atoms with Crippen molar-refractivity contribution in [3.63, 3.8) is 0 Å². The van der Waals surface area contributed by atoms with Crippen LogP contribution in [-0.4, -0.2) is 17.9 Å². The molecule has 0 aliphatic rings. The average molecular weight is 300 g/mol. The molecule has 0 fully saturated rings. The van der Waals surface area contributed by atoms with Gasteiger partial charge < -0.3 is 4.74 Å². The van der Waals surface area contributed by atoms with E-state index < -0.39 is 0 Å². The van der Waals surface area contributed by atoms with Crippen molar-refractivity contribution in [2.45, 2.75) is 52.6 Å². The average Bonchev–Trinajstić information content (AvgIpc) is 2.50. The van der Waals surface area contributed by atoms with Crippen LogP contribution in [0.4, 0.5) is 0 Å². The third kappa shape index (κ3) is 7.08. The normalized spacial score (nSPS) is 11.5. The first kappa shape index (κ1) is 18.0. The zero-order valence-electron chi connectivity index (χ0n) is 13.6. The fraction of sp³-hybridized carbons (Fsp3) is 0.474. The van der Waals surface area contributed by atoms with Gasteiger partial charge in [0.15, 0.2) is 11.9 Å². The summed E-state index contributed by atoms with van der Waals surface area (Å²) < 4.78 is 5.38. The number of ether oxygens (including phenoxy) is 1. The van der Waals surface area contributed by atoms with Crippen LogP contribution in [0.3, 0.4) is 0 Å². The number of benzene rings is 1. The van der Waals surface area contributed by atoms with Crippen LogP contribution in [0.1, 0.15) is 56.8 Å². The predicted molar refractivity (Wildman–Crippen MR) is 87.4 cm³/mol. The molecule has 0 spiro atoms. The number of esters is 1. The van der Waals surface area contributed by atoms with Crippen LogP contribution >= 0.6 is 0 Å². The molecule has 0 saturated heterocycles. The summed E-state index contributed by atoms with van der Waals surface area (Å²) in [7, 11) is 0. The third-order valence-electron chi connectivity index (χ3n) is 3.05. The Morgan fingerprint density at radius 1 is 1.14 bits per heavy atom. The number of rotatable bonds is 7. The van der Waals surface area contributed by atoms with Gasteiger partial charge in [-0.2, -0.15) is 0 Å². The molecular formula is C19H24O3. The van der Waals surface area contributed by atoms with Crippen molar-refractivity contribution in [3.8, 4) is 11.8 Å². The second kappa shape index (κ2) is 9.78. The summed E-state index contributed by atoms with van der Waals surface area (Å²) in [6.45, 7) is 6.08. The SMILES string of the molecule is CCC#CC(CC(C)C)OC(=O)CCC(=O)c1ccccc1. The Kier molecular flexibility index (Phi) is 7.99. The summed E-state index contributed by atoms with van der Waals surface area (Å²) >= 11 is 0. The molecule has 0 heterocycles. The van der Waals surface area contributed by atoms with E-state index >= 15 is 0 Å². The van der Waals surface area contributed by atoms with Crippen LogP contribution in [0.15, 0.2) is 30.3 Å². The Bertz CT molecular complexity index is 535. The maximum Gasteiger partial charge on any atom is 0.307 e. The molecule has 0 radical (unpaired) electrons. The molecule has 118 valence electrons. The molecule has 0 amide bonds.